The van der Waals surface area contributed by atoms with E-state index in [1.807, 2.05) is 30.3 Å². The monoisotopic (exact) mass is 743 g/mol. The molecular formula is C39H39ClN3O8P. The Morgan fingerprint density at radius 2 is 1.23 bits per heavy atom. The maximum atomic E-state index is 16.1. The Hall–Kier alpha value is -4.83. The Kier molecular flexibility index (Phi) is 9.54. The number of hydrogen-bond donors (Lipinski definition) is 0. The standard InChI is InChI=1S/C38H36N3O7P.CH3ClO/c1-39-14-12-22-16-26-32(20-28(22)39)49(45,25-8-6-5-7-9-25)33-21-29-23(13-15-40(29)2)17-27(33)36(26)37-30(46-3)18-24(19-31(37)47-4)38(44)48-41-34(42)10-11-35(41)43;1-3-2/h5-9,16-21,36H,10-15H2,1-4H3;1H3. The third kappa shape index (κ3) is 5.72. The van der Waals surface area contributed by atoms with Crippen LogP contribution in [0.4, 0.5) is 11.4 Å². The van der Waals surface area contributed by atoms with Gasteiger partial charge in [-0.3, -0.25) is 13.9 Å². The first kappa shape index (κ1) is 35.6. The van der Waals surface area contributed by atoms with Gasteiger partial charge in [-0.15, -0.1) is 5.06 Å². The number of likely N-dealkylation sites (N-methyl/N-ethyl adjacent to an activating group) is 2. The lowest BCUT2D eigenvalue weighted by Gasteiger charge is -2.37. The number of benzene rings is 4. The van der Waals surface area contributed by atoms with E-state index in [2.05, 4.69) is 64.3 Å². The first-order valence-corrected chi connectivity index (χ1v) is 19.0. The Morgan fingerprint density at radius 1 is 0.750 bits per heavy atom. The Morgan fingerprint density at radius 3 is 1.69 bits per heavy atom. The van der Waals surface area contributed by atoms with Crippen LogP contribution in [0.1, 0.15) is 56.9 Å². The number of halogens is 1. The van der Waals surface area contributed by atoms with Crippen molar-refractivity contribution in [2.75, 3.05) is 58.3 Å². The summed E-state index contributed by atoms with van der Waals surface area (Å²) in [5, 5.41) is 2.82. The molecule has 13 heteroatoms. The highest BCUT2D eigenvalue weighted by Gasteiger charge is 2.46. The Balaban J connectivity index is 0.00000136. The lowest BCUT2D eigenvalue weighted by molar-refractivity contribution is -0.172. The summed E-state index contributed by atoms with van der Waals surface area (Å²) in [4.78, 5) is 47.4. The van der Waals surface area contributed by atoms with Crippen LogP contribution in [0.2, 0.25) is 0 Å². The molecule has 2 amide bonds. The predicted molar refractivity (Wildman–Crippen MR) is 200 cm³/mol. The first-order chi connectivity index (χ1) is 25.0. The Labute approximate surface area is 307 Å². The van der Waals surface area contributed by atoms with Crippen LogP contribution in [-0.4, -0.2) is 71.4 Å². The molecular weight excluding hydrogens is 705 g/mol. The molecule has 1 saturated heterocycles. The third-order valence-corrected chi connectivity index (χ3v) is 13.5. The van der Waals surface area contributed by atoms with E-state index in [1.54, 1.807) is 12.1 Å². The highest BCUT2D eigenvalue weighted by Crippen LogP contribution is 2.57. The quantitative estimate of drug-likeness (QED) is 0.177. The van der Waals surface area contributed by atoms with Crippen LogP contribution in [-0.2, 0) is 36.1 Å². The minimum Gasteiger partial charge on any atom is -0.496 e. The maximum absolute atomic E-state index is 16.1. The van der Waals surface area contributed by atoms with Crippen molar-refractivity contribution in [2.24, 2.45) is 0 Å². The molecule has 0 N–H and O–H groups in total. The van der Waals surface area contributed by atoms with Crippen LogP contribution in [0.3, 0.4) is 0 Å². The van der Waals surface area contributed by atoms with Gasteiger partial charge >= 0.3 is 5.97 Å². The molecule has 0 aliphatic carbocycles. The normalized spacial score (nSPS) is 19.7. The molecule has 8 rings (SSSR count). The number of hydroxylamine groups is 2. The molecule has 0 spiro atoms. The average molecular weight is 744 g/mol. The van der Waals surface area contributed by atoms with Crippen molar-refractivity contribution >= 4 is 64.1 Å². The molecule has 11 nitrogen and oxygen atoms in total. The molecule has 0 aromatic heterocycles. The van der Waals surface area contributed by atoms with E-state index in [0.717, 1.165) is 64.3 Å². The van der Waals surface area contributed by atoms with E-state index in [4.69, 9.17) is 14.3 Å². The lowest BCUT2D eigenvalue weighted by atomic mass is 9.81. The smallest absolute Gasteiger partial charge is 0.364 e. The average Bonchev–Trinajstić information content (AvgIpc) is 3.82. The van der Waals surface area contributed by atoms with Crippen LogP contribution in [0, 0.1) is 0 Å². The fraction of sp³-hybridized carbons (Fsp3) is 0.308. The molecule has 270 valence electrons. The number of fused-ring (bicyclic) bond motifs is 4. The minimum absolute atomic E-state index is 0.00990. The molecule has 4 aromatic carbocycles. The maximum Gasteiger partial charge on any atom is 0.364 e. The Bertz CT molecular complexity index is 2040. The number of carbonyl (C=O) groups excluding carboxylic acids is 3. The van der Waals surface area contributed by atoms with Gasteiger partial charge in [-0.1, -0.05) is 42.5 Å². The van der Waals surface area contributed by atoms with Gasteiger partial charge in [-0.25, -0.2) is 4.79 Å². The molecule has 0 bridgehead atoms. The second kappa shape index (κ2) is 14.0. The van der Waals surface area contributed by atoms with Crippen molar-refractivity contribution in [1.82, 2.24) is 5.06 Å². The molecule has 0 unspecified atom stereocenters. The second-order valence-electron chi connectivity index (χ2n) is 13.2. The van der Waals surface area contributed by atoms with Gasteiger partial charge in [0, 0.05) is 78.8 Å². The van der Waals surface area contributed by atoms with Gasteiger partial charge in [0.2, 0.25) is 0 Å². The zero-order valence-electron chi connectivity index (χ0n) is 29.6. The van der Waals surface area contributed by atoms with Gasteiger partial charge < -0.3 is 28.7 Å². The van der Waals surface area contributed by atoms with Gasteiger partial charge in [-0.2, -0.15) is 0 Å². The van der Waals surface area contributed by atoms with Gasteiger partial charge in [0.1, 0.15) is 11.5 Å². The number of ether oxygens (including phenoxy) is 2. The van der Waals surface area contributed by atoms with Crippen molar-refractivity contribution < 1.29 is 37.5 Å². The summed E-state index contributed by atoms with van der Waals surface area (Å²) in [5.74, 6) is -1.75. The molecule has 1 fully saturated rings. The molecule has 4 aliphatic rings. The van der Waals surface area contributed by atoms with Crippen molar-refractivity contribution in [1.29, 1.82) is 0 Å². The zero-order chi connectivity index (χ0) is 36.9. The number of imide groups is 1. The zero-order valence-corrected chi connectivity index (χ0v) is 31.3. The van der Waals surface area contributed by atoms with Crippen molar-refractivity contribution in [2.45, 2.75) is 31.6 Å². The molecule has 4 aliphatic heterocycles. The van der Waals surface area contributed by atoms with Crippen molar-refractivity contribution in [3.8, 4) is 11.5 Å². The summed E-state index contributed by atoms with van der Waals surface area (Å²) in [6.45, 7) is 1.71. The highest BCUT2D eigenvalue weighted by atomic mass is 35.5. The molecule has 0 radical (unpaired) electrons. The van der Waals surface area contributed by atoms with Gasteiger partial charge in [0.15, 0.2) is 7.14 Å². The number of hydrogen-bond acceptors (Lipinski definition) is 10. The number of methoxy groups -OCH3 is 2. The summed E-state index contributed by atoms with van der Waals surface area (Å²) in [7, 11) is 5.17. The SMILES string of the molecule is COCl.COc1cc(C(=O)ON2C(=O)CCC2=O)cc(OC)c1C1c2cc3c(cc2P(=O)(c2ccccc2)c2cc4c(cc21)CCN4C)N(C)CC3. The predicted octanol–water partition coefficient (Wildman–Crippen LogP) is 4.83. The van der Waals surface area contributed by atoms with E-state index in [0.29, 0.717) is 22.1 Å². The topological polar surface area (TPSA) is 115 Å². The largest absolute Gasteiger partial charge is 0.496 e. The fourth-order valence-corrected chi connectivity index (χ4v) is 11.0. The van der Waals surface area contributed by atoms with Gasteiger partial charge in [-0.05, 0) is 59.4 Å². The van der Waals surface area contributed by atoms with E-state index < -0.39 is 30.8 Å². The van der Waals surface area contributed by atoms with Crippen molar-refractivity contribution in [3.63, 3.8) is 0 Å². The summed E-state index contributed by atoms with van der Waals surface area (Å²) < 4.78 is 31.9. The second-order valence-corrected chi connectivity index (χ2v) is 16.2. The minimum atomic E-state index is -3.40. The number of rotatable bonds is 6. The highest BCUT2D eigenvalue weighted by molar-refractivity contribution is 7.85. The third-order valence-electron chi connectivity index (χ3n) is 10.4. The first-order valence-electron chi connectivity index (χ1n) is 17.0. The van der Waals surface area contributed by atoms with Gasteiger partial charge in [0.05, 0.1) is 38.8 Å². The molecule has 4 heterocycles. The van der Waals surface area contributed by atoms with Crippen LogP contribution in [0.15, 0.2) is 66.7 Å². The van der Waals surface area contributed by atoms with Crippen LogP contribution >= 0.6 is 19.0 Å². The van der Waals surface area contributed by atoms with E-state index in [1.165, 1.54) is 32.5 Å². The summed E-state index contributed by atoms with van der Waals surface area (Å²) in [6.07, 6.45) is 1.70. The number of anilines is 2. The number of nitrogens with zero attached hydrogens (tertiary/aromatic N) is 3. The number of carbonyl (C=O) groups is 3. The van der Waals surface area contributed by atoms with E-state index >= 15 is 4.57 Å². The van der Waals surface area contributed by atoms with E-state index in [9.17, 15) is 14.4 Å². The lowest BCUT2D eigenvalue weighted by Crippen LogP contribution is -2.37. The van der Waals surface area contributed by atoms with Crippen LogP contribution in [0.25, 0.3) is 0 Å². The molecule has 52 heavy (non-hydrogen) atoms. The summed E-state index contributed by atoms with van der Waals surface area (Å²) in [5.41, 5.74) is 7.02. The van der Waals surface area contributed by atoms with Crippen LogP contribution in [0.5, 0.6) is 11.5 Å². The molecule has 0 atom stereocenters. The summed E-state index contributed by atoms with van der Waals surface area (Å²) in [6, 6.07) is 21.5. The number of amides is 2. The van der Waals surface area contributed by atoms with Crippen LogP contribution < -0.4 is 35.2 Å². The molecule has 0 saturated carbocycles. The molecule has 4 aromatic rings. The van der Waals surface area contributed by atoms with Gasteiger partial charge in [0.25, 0.3) is 11.8 Å². The fourth-order valence-electron chi connectivity index (χ4n) is 7.88. The summed E-state index contributed by atoms with van der Waals surface area (Å²) >= 11 is 4.50. The van der Waals surface area contributed by atoms with E-state index in [-0.39, 0.29) is 18.4 Å². The van der Waals surface area contributed by atoms with Crippen molar-refractivity contribution in [3.05, 3.63) is 100 Å².